The summed E-state index contributed by atoms with van der Waals surface area (Å²) in [5, 5.41) is 28.5. The standard InChI is InChI=1S/C20H19FN2O6/c21-17-10-19(29-12-20(25)26)16(9-14(17)11-22)18(24)7-2-1-4-13-5-3-6-15(8-13)23(27)28/h6,8-10H,1-5,7,12H2,(H,25,26). The number of unbranched alkanes of at least 4 members (excludes halogenated alkanes) is 1. The van der Waals surface area contributed by atoms with Crippen molar-refractivity contribution in [2.24, 2.45) is 0 Å². The maximum Gasteiger partial charge on any atom is 0.341 e. The van der Waals surface area contributed by atoms with Gasteiger partial charge in [-0.3, -0.25) is 14.9 Å². The first kappa shape index (κ1) is 21.8. The summed E-state index contributed by atoms with van der Waals surface area (Å²) in [6, 6.07) is 3.54. The molecule has 0 atom stereocenters. The van der Waals surface area contributed by atoms with E-state index < -0.39 is 29.1 Å². The number of ketones is 1. The van der Waals surface area contributed by atoms with Gasteiger partial charge in [-0.1, -0.05) is 5.57 Å². The van der Waals surface area contributed by atoms with E-state index >= 15 is 0 Å². The second-order valence-corrected chi connectivity index (χ2v) is 6.48. The Balaban J connectivity index is 1.99. The Morgan fingerprint density at radius 2 is 2.10 bits per heavy atom. The van der Waals surface area contributed by atoms with E-state index in [4.69, 9.17) is 15.1 Å². The number of carbonyl (C=O) groups excluding carboxylic acids is 1. The molecular formula is C20H19FN2O6. The van der Waals surface area contributed by atoms with Crippen LogP contribution in [0.2, 0.25) is 0 Å². The maximum absolute atomic E-state index is 13.8. The molecule has 0 unspecified atom stereocenters. The zero-order valence-corrected chi connectivity index (χ0v) is 15.5. The van der Waals surface area contributed by atoms with Crippen molar-refractivity contribution >= 4 is 11.8 Å². The maximum atomic E-state index is 13.8. The predicted molar refractivity (Wildman–Crippen MR) is 99.4 cm³/mol. The Morgan fingerprint density at radius 1 is 1.34 bits per heavy atom. The summed E-state index contributed by atoms with van der Waals surface area (Å²) in [5.74, 6) is -2.80. The van der Waals surface area contributed by atoms with Gasteiger partial charge in [0, 0.05) is 18.6 Å². The number of ether oxygens (including phenoxy) is 1. The highest BCUT2D eigenvalue weighted by Gasteiger charge is 2.18. The monoisotopic (exact) mass is 402 g/mol. The Morgan fingerprint density at radius 3 is 2.76 bits per heavy atom. The van der Waals surface area contributed by atoms with Gasteiger partial charge < -0.3 is 9.84 Å². The lowest BCUT2D eigenvalue weighted by atomic mass is 9.96. The average molecular weight is 402 g/mol. The lowest BCUT2D eigenvalue weighted by Crippen LogP contribution is -2.13. The molecule has 9 heteroatoms. The molecule has 1 aromatic rings. The number of allylic oxidation sites excluding steroid dienone is 3. The van der Waals surface area contributed by atoms with Crippen molar-refractivity contribution in [2.45, 2.75) is 38.5 Å². The van der Waals surface area contributed by atoms with Gasteiger partial charge in [-0.15, -0.1) is 0 Å². The number of nitrogens with zero attached hydrogens (tertiary/aromatic N) is 2. The van der Waals surface area contributed by atoms with Gasteiger partial charge in [-0.25, -0.2) is 9.18 Å². The highest BCUT2D eigenvalue weighted by molar-refractivity contribution is 5.99. The smallest absolute Gasteiger partial charge is 0.341 e. The lowest BCUT2D eigenvalue weighted by Gasteiger charge is -2.11. The first-order valence-corrected chi connectivity index (χ1v) is 8.97. The van der Waals surface area contributed by atoms with Gasteiger partial charge in [0.15, 0.2) is 12.4 Å². The molecule has 0 aromatic heterocycles. The molecular weight excluding hydrogens is 383 g/mol. The lowest BCUT2D eigenvalue weighted by molar-refractivity contribution is -0.419. The molecule has 0 bridgehead atoms. The third-order valence-electron chi connectivity index (χ3n) is 4.37. The van der Waals surface area contributed by atoms with Crippen LogP contribution in [-0.2, 0) is 4.79 Å². The Kier molecular flexibility index (Phi) is 7.60. The topological polar surface area (TPSA) is 131 Å². The molecule has 0 saturated carbocycles. The number of Topliss-reactive ketones (excluding diaryl/α,β-unsaturated/α-hetero) is 1. The molecule has 1 aliphatic rings. The van der Waals surface area contributed by atoms with Crippen LogP contribution < -0.4 is 4.74 Å². The molecule has 0 radical (unpaired) electrons. The zero-order chi connectivity index (χ0) is 21.4. The molecule has 8 nitrogen and oxygen atoms in total. The summed E-state index contributed by atoms with van der Waals surface area (Å²) in [6.45, 7) is -0.744. The van der Waals surface area contributed by atoms with Crippen LogP contribution in [0.4, 0.5) is 4.39 Å². The number of carbonyl (C=O) groups is 2. The van der Waals surface area contributed by atoms with Gasteiger partial charge in [-0.2, -0.15) is 5.26 Å². The van der Waals surface area contributed by atoms with Gasteiger partial charge in [0.2, 0.25) is 0 Å². The van der Waals surface area contributed by atoms with Gasteiger partial charge in [0.1, 0.15) is 17.6 Å². The number of rotatable bonds is 10. The SMILES string of the molecule is N#Cc1cc(C(=O)CCCCC2=CC([N+](=O)[O-])=CCC2)c(OCC(=O)O)cc1F. The molecule has 1 aromatic carbocycles. The van der Waals surface area contributed by atoms with Gasteiger partial charge in [0.05, 0.1) is 16.1 Å². The molecule has 1 aliphatic carbocycles. The quantitative estimate of drug-likeness (QED) is 0.273. The minimum atomic E-state index is -1.28. The van der Waals surface area contributed by atoms with Crippen LogP contribution in [0.15, 0.2) is 35.6 Å². The summed E-state index contributed by atoms with van der Waals surface area (Å²) < 4.78 is 18.8. The predicted octanol–water partition coefficient (Wildman–Crippen LogP) is 3.78. The molecule has 2 rings (SSSR count). The molecule has 1 N–H and O–H groups in total. The first-order chi connectivity index (χ1) is 13.8. The van der Waals surface area contributed by atoms with Crippen molar-refractivity contribution in [3.8, 4) is 11.8 Å². The second-order valence-electron chi connectivity index (χ2n) is 6.48. The summed E-state index contributed by atoms with van der Waals surface area (Å²) in [4.78, 5) is 33.6. The molecule has 0 fully saturated rings. The van der Waals surface area contributed by atoms with E-state index in [0.29, 0.717) is 25.7 Å². The van der Waals surface area contributed by atoms with Crippen molar-refractivity contribution in [2.75, 3.05) is 6.61 Å². The van der Waals surface area contributed by atoms with Crippen molar-refractivity contribution in [3.05, 3.63) is 62.6 Å². The Labute approximate surface area is 166 Å². The van der Waals surface area contributed by atoms with Crippen LogP contribution in [0.3, 0.4) is 0 Å². The van der Waals surface area contributed by atoms with E-state index in [1.165, 1.54) is 0 Å². The van der Waals surface area contributed by atoms with Crippen molar-refractivity contribution in [1.29, 1.82) is 5.26 Å². The highest BCUT2D eigenvalue weighted by atomic mass is 19.1. The van der Waals surface area contributed by atoms with Crippen LogP contribution in [0, 0.1) is 27.3 Å². The normalized spacial score (nSPS) is 13.1. The number of halogens is 1. The minimum Gasteiger partial charge on any atom is -0.481 e. The van der Waals surface area contributed by atoms with E-state index in [1.54, 1.807) is 18.2 Å². The van der Waals surface area contributed by atoms with Crippen LogP contribution in [0.25, 0.3) is 0 Å². The van der Waals surface area contributed by atoms with Crippen LogP contribution in [-0.4, -0.2) is 28.4 Å². The number of carboxylic acids is 1. The Hall–Kier alpha value is -3.54. The largest absolute Gasteiger partial charge is 0.481 e. The summed E-state index contributed by atoms with van der Waals surface area (Å²) in [7, 11) is 0. The van der Waals surface area contributed by atoms with Crippen molar-refractivity contribution in [3.63, 3.8) is 0 Å². The van der Waals surface area contributed by atoms with Gasteiger partial charge >= 0.3 is 5.97 Å². The average Bonchev–Trinajstić information content (AvgIpc) is 2.69. The number of benzene rings is 1. The molecule has 0 saturated heterocycles. The van der Waals surface area contributed by atoms with E-state index in [9.17, 15) is 24.1 Å². The fraction of sp³-hybridized carbons (Fsp3) is 0.350. The molecule has 0 spiro atoms. The number of hydrogen-bond donors (Lipinski definition) is 1. The zero-order valence-electron chi connectivity index (χ0n) is 15.5. The number of nitriles is 1. The van der Waals surface area contributed by atoms with Crippen molar-refractivity contribution in [1.82, 2.24) is 0 Å². The van der Waals surface area contributed by atoms with Crippen LogP contribution >= 0.6 is 0 Å². The summed E-state index contributed by atoms with van der Waals surface area (Å²) >= 11 is 0. The molecule has 0 amide bonds. The third-order valence-corrected chi connectivity index (χ3v) is 4.37. The van der Waals surface area contributed by atoms with E-state index in [-0.39, 0.29) is 29.0 Å². The molecule has 152 valence electrons. The van der Waals surface area contributed by atoms with Gasteiger partial charge in [-0.05, 0) is 44.2 Å². The Bertz CT molecular complexity index is 930. The summed E-state index contributed by atoms with van der Waals surface area (Å²) in [5.41, 5.74) is 0.658. The highest BCUT2D eigenvalue weighted by Crippen LogP contribution is 2.26. The van der Waals surface area contributed by atoms with E-state index in [0.717, 1.165) is 24.1 Å². The van der Waals surface area contributed by atoms with Crippen LogP contribution in [0.5, 0.6) is 5.75 Å². The molecule has 0 heterocycles. The number of carboxylic acid groups (broad SMARTS) is 1. The van der Waals surface area contributed by atoms with Crippen molar-refractivity contribution < 1.29 is 28.7 Å². The second kappa shape index (κ2) is 10.1. The number of hydrogen-bond acceptors (Lipinski definition) is 6. The fourth-order valence-electron chi connectivity index (χ4n) is 2.96. The van der Waals surface area contributed by atoms with E-state index in [1.807, 2.05) is 0 Å². The van der Waals surface area contributed by atoms with E-state index in [2.05, 4.69) is 0 Å². The third kappa shape index (κ3) is 6.24. The molecule has 29 heavy (non-hydrogen) atoms. The number of nitro groups is 1. The summed E-state index contributed by atoms with van der Waals surface area (Å²) in [6.07, 6.45) is 6.29. The molecule has 0 aliphatic heterocycles. The first-order valence-electron chi connectivity index (χ1n) is 8.97. The fourth-order valence-corrected chi connectivity index (χ4v) is 2.96. The minimum absolute atomic E-state index is 0.0420. The number of aliphatic carboxylic acids is 1. The van der Waals surface area contributed by atoms with Gasteiger partial charge in [0.25, 0.3) is 5.70 Å². The van der Waals surface area contributed by atoms with Crippen LogP contribution in [0.1, 0.15) is 54.4 Å².